The summed E-state index contributed by atoms with van der Waals surface area (Å²) in [4.78, 5) is 42.8. The maximum Gasteiger partial charge on any atom is 0.332 e. The molecule has 216 valence electrons. The minimum Gasteiger partial charge on any atom is -0.308 e. The third-order valence-corrected chi connectivity index (χ3v) is 8.80. The number of imide groups is 1. The number of hydrogen-bond donors (Lipinski definition) is 2. The number of nitriles is 1. The van der Waals surface area contributed by atoms with Crippen LogP contribution in [0, 0.1) is 11.3 Å². The van der Waals surface area contributed by atoms with Gasteiger partial charge >= 0.3 is 12.1 Å². The van der Waals surface area contributed by atoms with Crippen molar-refractivity contribution in [3.63, 3.8) is 0 Å². The van der Waals surface area contributed by atoms with Crippen molar-refractivity contribution in [3.05, 3.63) is 82.4 Å². The molecule has 1 saturated carbocycles. The number of amides is 5. The van der Waals surface area contributed by atoms with Gasteiger partial charge in [-0.2, -0.15) is 5.26 Å². The molecule has 0 radical (unpaired) electrons. The summed E-state index contributed by atoms with van der Waals surface area (Å²) in [6, 6.07) is 16.6. The Morgan fingerprint density at radius 2 is 1.74 bits per heavy atom. The number of sulfone groups is 1. The van der Waals surface area contributed by atoms with E-state index in [0.717, 1.165) is 29.6 Å². The van der Waals surface area contributed by atoms with Crippen LogP contribution in [0.3, 0.4) is 0 Å². The zero-order valence-corrected chi connectivity index (χ0v) is 24.7. The molecule has 0 bridgehead atoms. The zero-order valence-electron chi connectivity index (χ0n) is 23.1. The summed E-state index contributed by atoms with van der Waals surface area (Å²) in [5.41, 5.74) is 1.82. The van der Waals surface area contributed by atoms with E-state index in [9.17, 15) is 28.1 Å². The van der Waals surface area contributed by atoms with Gasteiger partial charge in [-0.05, 0) is 104 Å². The van der Waals surface area contributed by atoms with E-state index in [1.54, 1.807) is 50.2 Å². The number of hydrogen-bond acceptors (Lipinski definition) is 6. The minimum absolute atomic E-state index is 0.0287. The molecule has 2 aliphatic rings. The van der Waals surface area contributed by atoms with Crippen molar-refractivity contribution in [2.24, 2.45) is 0 Å². The van der Waals surface area contributed by atoms with Crippen LogP contribution in [0.1, 0.15) is 49.3 Å². The highest BCUT2D eigenvalue weighted by Gasteiger charge is 2.52. The van der Waals surface area contributed by atoms with Gasteiger partial charge in [-0.15, -0.1) is 0 Å². The Hall–Kier alpha value is -4.40. The standard InChI is InChI=1S/C30H28ClN5O5S/c1-30(2)27(37)36(23-10-6-19(16-32)25(15-23)18-4-5-18)29(39)35(30)17-20-14-21(31)7-13-26(20)34-28(38)33-22-8-11-24(12-9-22)42(3,40)41/h6-15,18H,4-5,17H2,1-3H3,(H2,33,34,38). The van der Waals surface area contributed by atoms with Crippen molar-refractivity contribution in [2.45, 2.75) is 49.6 Å². The van der Waals surface area contributed by atoms with E-state index in [4.69, 9.17) is 11.6 Å². The van der Waals surface area contributed by atoms with Crippen molar-refractivity contribution < 1.29 is 22.8 Å². The van der Waals surface area contributed by atoms with Crippen molar-refractivity contribution in [1.29, 1.82) is 5.26 Å². The van der Waals surface area contributed by atoms with Gasteiger partial charge in [0.1, 0.15) is 5.54 Å². The van der Waals surface area contributed by atoms with Crippen LogP contribution in [0.15, 0.2) is 65.6 Å². The van der Waals surface area contributed by atoms with Crippen molar-refractivity contribution in [1.82, 2.24) is 4.90 Å². The summed E-state index contributed by atoms with van der Waals surface area (Å²) in [5.74, 6) is -0.161. The summed E-state index contributed by atoms with van der Waals surface area (Å²) < 4.78 is 23.4. The monoisotopic (exact) mass is 605 g/mol. The van der Waals surface area contributed by atoms with Gasteiger partial charge in [-0.3, -0.25) is 4.79 Å². The number of rotatable bonds is 7. The number of urea groups is 2. The molecule has 12 heteroatoms. The molecule has 2 fully saturated rings. The second-order valence-electron chi connectivity index (χ2n) is 10.9. The van der Waals surface area contributed by atoms with Gasteiger partial charge < -0.3 is 15.5 Å². The number of benzene rings is 3. The molecular weight excluding hydrogens is 578 g/mol. The van der Waals surface area contributed by atoms with Gasteiger partial charge in [0.05, 0.1) is 28.8 Å². The SMILES string of the molecule is CC1(C)C(=O)N(c2ccc(C#N)c(C3CC3)c2)C(=O)N1Cc1cc(Cl)ccc1NC(=O)Nc1ccc(S(C)(=O)=O)cc1. The van der Waals surface area contributed by atoms with E-state index < -0.39 is 33.3 Å². The summed E-state index contributed by atoms with van der Waals surface area (Å²) in [5, 5.41) is 15.3. The van der Waals surface area contributed by atoms with E-state index >= 15 is 0 Å². The molecule has 5 rings (SSSR count). The Morgan fingerprint density at radius 1 is 1.05 bits per heavy atom. The Balaban J connectivity index is 1.38. The predicted molar refractivity (Wildman–Crippen MR) is 159 cm³/mol. The highest BCUT2D eigenvalue weighted by atomic mass is 35.5. The highest BCUT2D eigenvalue weighted by Crippen LogP contribution is 2.44. The number of carbonyl (C=O) groups is 3. The molecule has 3 aromatic carbocycles. The topological polar surface area (TPSA) is 140 Å². The molecule has 0 aromatic heterocycles. The number of nitrogens with zero attached hydrogens (tertiary/aromatic N) is 3. The molecule has 0 unspecified atom stereocenters. The Bertz CT molecular complexity index is 1760. The van der Waals surface area contributed by atoms with E-state index in [1.165, 1.54) is 29.2 Å². The third kappa shape index (κ3) is 5.68. The largest absolute Gasteiger partial charge is 0.332 e. The van der Waals surface area contributed by atoms with Crippen LogP contribution in [0.4, 0.5) is 26.7 Å². The van der Waals surface area contributed by atoms with Crippen molar-refractivity contribution in [2.75, 3.05) is 21.8 Å². The molecular formula is C30H28ClN5O5S. The fourth-order valence-corrected chi connectivity index (χ4v) is 5.73. The first-order chi connectivity index (χ1) is 19.8. The molecule has 1 aliphatic heterocycles. The smallest absolute Gasteiger partial charge is 0.308 e. The molecule has 42 heavy (non-hydrogen) atoms. The van der Waals surface area contributed by atoms with Crippen LogP contribution >= 0.6 is 11.6 Å². The van der Waals surface area contributed by atoms with Gasteiger partial charge in [0.2, 0.25) is 0 Å². The van der Waals surface area contributed by atoms with E-state index in [0.29, 0.717) is 33.2 Å². The molecule has 10 nitrogen and oxygen atoms in total. The first-order valence-electron chi connectivity index (χ1n) is 13.2. The Kier molecular flexibility index (Phi) is 7.47. The van der Waals surface area contributed by atoms with Crippen LogP contribution in [-0.2, 0) is 21.2 Å². The molecule has 1 aliphatic carbocycles. The van der Waals surface area contributed by atoms with Crippen LogP contribution in [0.5, 0.6) is 0 Å². The molecule has 2 N–H and O–H groups in total. The minimum atomic E-state index is -3.38. The van der Waals surface area contributed by atoms with Gasteiger partial charge in [0, 0.05) is 22.7 Å². The quantitative estimate of drug-likeness (QED) is 0.322. The average molecular weight is 606 g/mol. The second-order valence-corrected chi connectivity index (χ2v) is 13.4. The fraction of sp³-hybridized carbons (Fsp3) is 0.267. The molecule has 1 heterocycles. The summed E-state index contributed by atoms with van der Waals surface area (Å²) in [7, 11) is -3.38. The summed E-state index contributed by atoms with van der Waals surface area (Å²) >= 11 is 6.28. The zero-order chi connectivity index (χ0) is 30.4. The van der Waals surface area contributed by atoms with Gasteiger partial charge in [-0.25, -0.2) is 22.9 Å². The predicted octanol–water partition coefficient (Wildman–Crippen LogP) is 5.88. The van der Waals surface area contributed by atoms with Crippen molar-refractivity contribution in [3.8, 4) is 6.07 Å². The van der Waals surface area contributed by atoms with Gasteiger partial charge in [0.15, 0.2) is 9.84 Å². The lowest BCUT2D eigenvalue weighted by molar-refractivity contribution is -0.123. The van der Waals surface area contributed by atoms with E-state index in [1.807, 2.05) is 0 Å². The van der Waals surface area contributed by atoms with Gasteiger partial charge in [0.25, 0.3) is 5.91 Å². The number of nitrogens with one attached hydrogen (secondary N) is 2. The van der Waals surface area contributed by atoms with E-state index in [2.05, 4.69) is 16.7 Å². The summed E-state index contributed by atoms with van der Waals surface area (Å²) in [6.45, 7) is 3.28. The summed E-state index contributed by atoms with van der Waals surface area (Å²) in [6.07, 6.45) is 3.02. The number of anilines is 3. The average Bonchev–Trinajstić information content (AvgIpc) is 3.76. The first-order valence-corrected chi connectivity index (χ1v) is 15.4. The maximum atomic E-state index is 13.7. The van der Waals surface area contributed by atoms with Gasteiger partial charge in [-0.1, -0.05) is 11.6 Å². The molecule has 0 atom stereocenters. The number of halogens is 1. The molecule has 5 amide bonds. The molecule has 0 spiro atoms. The van der Waals surface area contributed by atoms with Crippen molar-refractivity contribution >= 4 is 56.5 Å². The highest BCUT2D eigenvalue weighted by molar-refractivity contribution is 7.90. The lowest BCUT2D eigenvalue weighted by Crippen LogP contribution is -2.43. The van der Waals surface area contributed by atoms with Crippen LogP contribution in [-0.4, -0.2) is 43.1 Å². The van der Waals surface area contributed by atoms with Crippen LogP contribution in [0.25, 0.3) is 0 Å². The molecule has 3 aromatic rings. The lowest BCUT2D eigenvalue weighted by Gasteiger charge is -2.28. The first kappa shape index (κ1) is 29.1. The van der Waals surface area contributed by atoms with E-state index in [-0.39, 0.29) is 17.4 Å². The fourth-order valence-electron chi connectivity index (χ4n) is 4.91. The normalized spacial score (nSPS) is 16.4. The Morgan fingerprint density at radius 3 is 2.36 bits per heavy atom. The number of carbonyl (C=O) groups excluding carboxylic acids is 3. The van der Waals surface area contributed by atoms with Crippen LogP contribution in [0.2, 0.25) is 5.02 Å². The third-order valence-electron chi connectivity index (χ3n) is 7.44. The lowest BCUT2D eigenvalue weighted by atomic mass is 10.0. The second kappa shape index (κ2) is 10.8. The Labute approximate surface area is 248 Å². The van der Waals surface area contributed by atoms with Crippen LogP contribution < -0.4 is 15.5 Å². The molecule has 1 saturated heterocycles. The maximum absolute atomic E-state index is 13.7.